The van der Waals surface area contributed by atoms with Crippen LogP contribution in [0.1, 0.15) is 27.9 Å². The molecule has 0 unspecified atom stereocenters. The molecule has 0 spiro atoms. The van der Waals surface area contributed by atoms with Crippen molar-refractivity contribution in [3.05, 3.63) is 59.2 Å². The van der Waals surface area contributed by atoms with Gasteiger partial charge in [0.2, 0.25) is 5.91 Å². The van der Waals surface area contributed by atoms with Crippen molar-refractivity contribution in [3.63, 3.8) is 0 Å². The van der Waals surface area contributed by atoms with Crippen LogP contribution >= 0.6 is 0 Å². The summed E-state index contributed by atoms with van der Waals surface area (Å²) in [7, 11) is 1.74. The monoisotopic (exact) mass is 324 g/mol. The minimum Gasteiger partial charge on any atom is -0.491 e. The Balaban J connectivity index is 1.73. The van der Waals surface area contributed by atoms with Gasteiger partial charge >= 0.3 is 0 Å². The summed E-state index contributed by atoms with van der Waals surface area (Å²) in [6, 6.07) is 13.1. The van der Waals surface area contributed by atoms with Gasteiger partial charge in [0.25, 0.3) is 5.91 Å². The molecule has 1 heterocycles. The van der Waals surface area contributed by atoms with Crippen LogP contribution in [0.15, 0.2) is 42.5 Å². The van der Waals surface area contributed by atoms with Crippen LogP contribution in [0.25, 0.3) is 0 Å². The maximum atomic E-state index is 12.2. The lowest BCUT2D eigenvalue weighted by atomic mass is 10.1. The molecule has 0 saturated carbocycles. The molecular weight excluding hydrogens is 304 g/mol. The van der Waals surface area contributed by atoms with Gasteiger partial charge in [-0.3, -0.25) is 9.59 Å². The first kappa shape index (κ1) is 16.1. The van der Waals surface area contributed by atoms with Gasteiger partial charge in [-0.1, -0.05) is 23.8 Å². The minimum absolute atomic E-state index is 0.0229. The zero-order chi connectivity index (χ0) is 17.1. The van der Waals surface area contributed by atoms with Crippen molar-refractivity contribution in [2.75, 3.05) is 18.6 Å². The topological polar surface area (TPSA) is 58.6 Å². The quantitative estimate of drug-likeness (QED) is 0.944. The summed E-state index contributed by atoms with van der Waals surface area (Å²) >= 11 is 0. The fourth-order valence-corrected chi connectivity index (χ4v) is 2.68. The molecule has 1 N–H and O–H groups in total. The number of nitrogens with one attached hydrogen (secondary N) is 1. The van der Waals surface area contributed by atoms with Crippen LogP contribution in [0.4, 0.5) is 5.69 Å². The summed E-state index contributed by atoms with van der Waals surface area (Å²) in [5.74, 6) is 0.598. The maximum Gasteiger partial charge on any atom is 0.251 e. The fourth-order valence-electron chi connectivity index (χ4n) is 2.68. The third-order valence-electron chi connectivity index (χ3n) is 4.07. The standard InChI is InChI=1S/C19H20N2O3/c1-13-4-3-5-15(10-13)19(23)20-12-14-6-7-17-16(11-14)21(2)18(22)8-9-24-17/h3-7,10-11H,8-9,12H2,1-2H3,(H,20,23). The van der Waals surface area contributed by atoms with Crippen molar-refractivity contribution in [1.29, 1.82) is 0 Å². The number of amides is 2. The summed E-state index contributed by atoms with van der Waals surface area (Å²) in [6.07, 6.45) is 0.366. The fraction of sp³-hybridized carbons (Fsp3) is 0.263. The SMILES string of the molecule is Cc1cccc(C(=O)NCc2ccc3c(c2)N(C)C(=O)CCO3)c1. The molecule has 2 aromatic carbocycles. The van der Waals surface area contributed by atoms with Crippen LogP contribution in [0.3, 0.4) is 0 Å². The van der Waals surface area contributed by atoms with Crippen molar-refractivity contribution in [3.8, 4) is 5.75 Å². The highest BCUT2D eigenvalue weighted by atomic mass is 16.5. The summed E-state index contributed by atoms with van der Waals surface area (Å²) < 4.78 is 5.60. The maximum absolute atomic E-state index is 12.2. The van der Waals surface area contributed by atoms with Crippen molar-refractivity contribution >= 4 is 17.5 Å². The van der Waals surface area contributed by atoms with E-state index >= 15 is 0 Å². The van der Waals surface area contributed by atoms with Crippen LogP contribution in [-0.4, -0.2) is 25.5 Å². The molecule has 5 nitrogen and oxygen atoms in total. The average Bonchev–Trinajstić information content (AvgIpc) is 2.72. The van der Waals surface area contributed by atoms with Gasteiger partial charge < -0.3 is 15.0 Å². The Hall–Kier alpha value is -2.82. The first-order chi connectivity index (χ1) is 11.5. The number of benzene rings is 2. The summed E-state index contributed by atoms with van der Waals surface area (Å²) in [6.45, 7) is 2.73. The molecule has 0 radical (unpaired) electrons. The molecule has 1 aliphatic rings. The molecule has 0 aromatic heterocycles. The molecule has 0 fully saturated rings. The number of aryl methyl sites for hydroxylation is 1. The third-order valence-corrected chi connectivity index (χ3v) is 4.07. The molecule has 0 bridgehead atoms. The molecule has 124 valence electrons. The molecule has 0 saturated heterocycles. The van der Waals surface area contributed by atoms with Crippen LogP contribution in [0.2, 0.25) is 0 Å². The highest BCUT2D eigenvalue weighted by Gasteiger charge is 2.20. The van der Waals surface area contributed by atoms with Gasteiger partial charge in [0.05, 0.1) is 18.7 Å². The number of ether oxygens (including phenoxy) is 1. The average molecular weight is 324 g/mol. The normalized spacial score (nSPS) is 13.8. The van der Waals surface area contributed by atoms with Gasteiger partial charge in [-0.05, 0) is 36.8 Å². The van der Waals surface area contributed by atoms with E-state index in [1.165, 1.54) is 0 Å². The molecule has 3 rings (SSSR count). The predicted octanol–water partition coefficient (Wildman–Crippen LogP) is 2.67. The van der Waals surface area contributed by atoms with Gasteiger partial charge in [0.15, 0.2) is 0 Å². The zero-order valence-corrected chi connectivity index (χ0v) is 13.8. The highest BCUT2D eigenvalue weighted by Crippen LogP contribution is 2.31. The molecule has 5 heteroatoms. The second kappa shape index (κ2) is 6.74. The molecule has 24 heavy (non-hydrogen) atoms. The second-order valence-corrected chi connectivity index (χ2v) is 5.91. The largest absolute Gasteiger partial charge is 0.491 e. The number of anilines is 1. The van der Waals surface area contributed by atoms with E-state index in [-0.39, 0.29) is 11.8 Å². The van der Waals surface area contributed by atoms with E-state index in [4.69, 9.17) is 4.74 Å². The number of rotatable bonds is 3. The van der Waals surface area contributed by atoms with Crippen LogP contribution < -0.4 is 15.0 Å². The van der Waals surface area contributed by atoms with E-state index < -0.39 is 0 Å². The number of carbonyl (C=O) groups excluding carboxylic acids is 2. The van der Waals surface area contributed by atoms with Gasteiger partial charge in [-0.25, -0.2) is 0 Å². The van der Waals surface area contributed by atoms with E-state index in [1.54, 1.807) is 18.0 Å². The molecule has 0 aliphatic carbocycles. The molecule has 1 aliphatic heterocycles. The van der Waals surface area contributed by atoms with Gasteiger partial charge in [0.1, 0.15) is 5.75 Å². The summed E-state index contributed by atoms with van der Waals surface area (Å²) in [4.78, 5) is 25.8. The van der Waals surface area contributed by atoms with E-state index in [1.807, 2.05) is 43.3 Å². The van der Waals surface area contributed by atoms with Crippen LogP contribution in [0, 0.1) is 6.92 Å². The number of hydrogen-bond acceptors (Lipinski definition) is 3. The summed E-state index contributed by atoms with van der Waals surface area (Å²) in [5.41, 5.74) is 3.34. The first-order valence-electron chi connectivity index (χ1n) is 7.92. The third kappa shape index (κ3) is 3.40. The Morgan fingerprint density at radius 2 is 2.08 bits per heavy atom. The van der Waals surface area contributed by atoms with Crippen molar-refractivity contribution in [2.24, 2.45) is 0 Å². The summed E-state index contributed by atoms with van der Waals surface area (Å²) in [5, 5.41) is 2.91. The molecule has 0 atom stereocenters. The Bertz CT molecular complexity index is 786. The van der Waals surface area contributed by atoms with Crippen molar-refractivity contribution < 1.29 is 14.3 Å². The van der Waals surface area contributed by atoms with E-state index in [0.29, 0.717) is 30.9 Å². The number of carbonyl (C=O) groups is 2. The van der Waals surface area contributed by atoms with Crippen molar-refractivity contribution in [1.82, 2.24) is 5.32 Å². The lowest BCUT2D eigenvalue weighted by molar-refractivity contribution is -0.118. The number of nitrogens with zero attached hydrogens (tertiary/aromatic N) is 1. The molecule has 2 amide bonds. The Kier molecular flexibility index (Phi) is 4.51. The second-order valence-electron chi connectivity index (χ2n) is 5.91. The Morgan fingerprint density at radius 1 is 1.25 bits per heavy atom. The van der Waals surface area contributed by atoms with E-state index in [2.05, 4.69) is 5.32 Å². The van der Waals surface area contributed by atoms with Crippen molar-refractivity contribution in [2.45, 2.75) is 19.9 Å². The van der Waals surface area contributed by atoms with E-state index in [9.17, 15) is 9.59 Å². The lowest BCUT2D eigenvalue weighted by Gasteiger charge is -2.17. The number of hydrogen-bond donors (Lipinski definition) is 1. The molecular formula is C19H20N2O3. The van der Waals surface area contributed by atoms with Crippen LogP contribution in [-0.2, 0) is 11.3 Å². The first-order valence-corrected chi connectivity index (χ1v) is 7.92. The smallest absolute Gasteiger partial charge is 0.251 e. The van der Waals surface area contributed by atoms with Gasteiger partial charge in [-0.15, -0.1) is 0 Å². The Morgan fingerprint density at radius 3 is 2.88 bits per heavy atom. The highest BCUT2D eigenvalue weighted by molar-refractivity contribution is 5.95. The van der Waals surface area contributed by atoms with E-state index in [0.717, 1.165) is 16.8 Å². The lowest BCUT2D eigenvalue weighted by Crippen LogP contribution is -2.26. The predicted molar refractivity (Wildman–Crippen MR) is 92.3 cm³/mol. The molecule has 2 aromatic rings. The minimum atomic E-state index is -0.116. The van der Waals surface area contributed by atoms with Crippen LogP contribution in [0.5, 0.6) is 5.75 Å². The van der Waals surface area contributed by atoms with Gasteiger partial charge in [0, 0.05) is 19.2 Å². The van der Waals surface area contributed by atoms with Gasteiger partial charge in [-0.2, -0.15) is 0 Å². The Labute approximate surface area is 141 Å². The zero-order valence-electron chi connectivity index (χ0n) is 13.8. The number of fused-ring (bicyclic) bond motifs is 1.